The summed E-state index contributed by atoms with van der Waals surface area (Å²) in [7, 11) is 0. The Balaban J connectivity index is 1.54. The van der Waals surface area contributed by atoms with E-state index >= 15 is 0 Å². The van der Waals surface area contributed by atoms with Crippen molar-refractivity contribution in [3.05, 3.63) is 0 Å². The highest BCUT2D eigenvalue weighted by molar-refractivity contribution is 8.13. The molecule has 0 aliphatic carbocycles. The molecule has 1 N–H and O–H groups in total. The maximum atomic E-state index is 12.3. The Hall–Kier alpha value is -0.750. The molecule has 0 saturated carbocycles. The summed E-state index contributed by atoms with van der Waals surface area (Å²) in [5.74, 6) is 2.43. The summed E-state index contributed by atoms with van der Waals surface area (Å²) in [6, 6.07) is 0. The van der Waals surface area contributed by atoms with Crippen molar-refractivity contribution in [3.63, 3.8) is 0 Å². The molecule has 0 bridgehead atoms. The molecule has 2 atom stereocenters. The molecule has 3 saturated heterocycles. The highest BCUT2D eigenvalue weighted by atomic mass is 32.2. The number of nitrogens with zero attached hydrogens (tertiary/aromatic N) is 2. The van der Waals surface area contributed by atoms with Gasteiger partial charge in [0.15, 0.2) is 0 Å². The third-order valence-corrected chi connectivity index (χ3v) is 5.43. The van der Waals surface area contributed by atoms with Crippen LogP contribution in [0.3, 0.4) is 0 Å². The van der Waals surface area contributed by atoms with E-state index < -0.39 is 0 Å². The Kier molecular flexibility index (Phi) is 3.98. The number of hydrogen-bond donors (Lipinski definition) is 1. The summed E-state index contributed by atoms with van der Waals surface area (Å²) in [6.07, 6.45) is 2.21. The largest absolute Gasteiger partial charge is 0.341 e. The average Bonchev–Trinajstić information content (AvgIpc) is 2.95. The normalized spacial score (nSPS) is 31.5. The summed E-state index contributed by atoms with van der Waals surface area (Å²) in [5, 5.41) is 3.50. The Labute approximate surface area is 118 Å². The SMILES string of the molecule is O=C(CN1CCSC1=O)N1CC[C@@H]2CNC[C@@H]2CC1. The number of hydrogen-bond acceptors (Lipinski definition) is 4. The number of carbonyl (C=O) groups excluding carboxylic acids is 2. The first-order valence-electron chi connectivity index (χ1n) is 7.14. The molecule has 0 aromatic rings. The second kappa shape index (κ2) is 5.71. The molecule has 5 nitrogen and oxygen atoms in total. The Bertz CT molecular complexity index is 363. The van der Waals surface area contributed by atoms with E-state index in [1.807, 2.05) is 4.90 Å². The lowest BCUT2D eigenvalue weighted by Crippen LogP contribution is -2.41. The van der Waals surface area contributed by atoms with E-state index in [4.69, 9.17) is 0 Å². The minimum Gasteiger partial charge on any atom is -0.341 e. The zero-order valence-electron chi connectivity index (χ0n) is 11.1. The lowest BCUT2D eigenvalue weighted by Gasteiger charge is -2.23. The molecule has 19 heavy (non-hydrogen) atoms. The Morgan fingerprint density at radius 2 is 1.89 bits per heavy atom. The predicted octanol–water partition coefficient (Wildman–Crippen LogP) is 0.613. The van der Waals surface area contributed by atoms with E-state index in [0.717, 1.165) is 63.2 Å². The Morgan fingerprint density at radius 3 is 2.47 bits per heavy atom. The van der Waals surface area contributed by atoms with Crippen LogP contribution in [0, 0.1) is 11.8 Å². The van der Waals surface area contributed by atoms with Gasteiger partial charge in [0.25, 0.3) is 5.24 Å². The van der Waals surface area contributed by atoms with Gasteiger partial charge in [-0.05, 0) is 37.8 Å². The fourth-order valence-electron chi connectivity index (χ4n) is 3.30. The van der Waals surface area contributed by atoms with E-state index in [9.17, 15) is 9.59 Å². The van der Waals surface area contributed by atoms with Crippen LogP contribution in [0.2, 0.25) is 0 Å². The molecule has 3 fully saturated rings. The highest BCUT2D eigenvalue weighted by Crippen LogP contribution is 2.27. The zero-order chi connectivity index (χ0) is 13.2. The molecular formula is C13H21N3O2S. The fourth-order valence-corrected chi connectivity index (χ4v) is 4.12. The van der Waals surface area contributed by atoms with E-state index in [2.05, 4.69) is 5.32 Å². The van der Waals surface area contributed by atoms with Crippen molar-refractivity contribution in [1.82, 2.24) is 15.1 Å². The van der Waals surface area contributed by atoms with Gasteiger partial charge in [0.1, 0.15) is 6.54 Å². The number of rotatable bonds is 2. The van der Waals surface area contributed by atoms with Gasteiger partial charge in [-0.15, -0.1) is 0 Å². The highest BCUT2D eigenvalue weighted by Gasteiger charge is 2.32. The molecule has 3 heterocycles. The van der Waals surface area contributed by atoms with Crippen molar-refractivity contribution in [2.45, 2.75) is 12.8 Å². The summed E-state index contributed by atoms with van der Waals surface area (Å²) in [5.41, 5.74) is 0. The molecule has 0 spiro atoms. The molecule has 0 unspecified atom stereocenters. The number of likely N-dealkylation sites (tertiary alicyclic amines) is 1. The fraction of sp³-hybridized carbons (Fsp3) is 0.846. The van der Waals surface area contributed by atoms with Crippen LogP contribution in [-0.4, -0.2) is 66.0 Å². The summed E-state index contributed by atoms with van der Waals surface area (Å²) in [4.78, 5) is 27.5. The monoisotopic (exact) mass is 283 g/mol. The number of thioether (sulfide) groups is 1. The average molecular weight is 283 g/mol. The topological polar surface area (TPSA) is 52.7 Å². The molecular weight excluding hydrogens is 262 g/mol. The van der Waals surface area contributed by atoms with Gasteiger partial charge in [-0.2, -0.15) is 0 Å². The van der Waals surface area contributed by atoms with Crippen LogP contribution < -0.4 is 5.32 Å². The first kappa shape index (κ1) is 13.2. The van der Waals surface area contributed by atoms with E-state index in [1.165, 1.54) is 11.8 Å². The number of carbonyl (C=O) groups is 2. The molecule has 3 aliphatic heterocycles. The van der Waals surface area contributed by atoms with Gasteiger partial charge in [-0.1, -0.05) is 11.8 Å². The first-order valence-corrected chi connectivity index (χ1v) is 8.13. The van der Waals surface area contributed by atoms with Gasteiger partial charge in [0.2, 0.25) is 5.91 Å². The van der Waals surface area contributed by atoms with Crippen LogP contribution >= 0.6 is 11.8 Å². The molecule has 6 heteroatoms. The maximum Gasteiger partial charge on any atom is 0.282 e. The van der Waals surface area contributed by atoms with Crippen LogP contribution in [0.1, 0.15) is 12.8 Å². The quantitative estimate of drug-likeness (QED) is 0.807. The van der Waals surface area contributed by atoms with Crippen LogP contribution in [0.4, 0.5) is 4.79 Å². The van der Waals surface area contributed by atoms with Crippen LogP contribution in [0.15, 0.2) is 0 Å². The Morgan fingerprint density at radius 1 is 1.21 bits per heavy atom. The maximum absolute atomic E-state index is 12.3. The van der Waals surface area contributed by atoms with Crippen LogP contribution in [0.25, 0.3) is 0 Å². The predicted molar refractivity (Wildman–Crippen MR) is 75.1 cm³/mol. The molecule has 2 amide bonds. The summed E-state index contributed by atoms with van der Waals surface area (Å²) < 4.78 is 0. The minimum atomic E-state index is 0.0595. The third kappa shape index (κ3) is 2.89. The van der Waals surface area contributed by atoms with Crippen molar-refractivity contribution in [2.24, 2.45) is 11.8 Å². The second-order valence-electron chi connectivity index (χ2n) is 5.67. The summed E-state index contributed by atoms with van der Waals surface area (Å²) in [6.45, 7) is 4.92. The number of amides is 2. The molecule has 3 rings (SSSR count). The molecule has 0 aromatic heterocycles. The van der Waals surface area contributed by atoms with E-state index in [0.29, 0.717) is 0 Å². The lowest BCUT2D eigenvalue weighted by molar-refractivity contribution is -0.131. The van der Waals surface area contributed by atoms with Crippen LogP contribution in [-0.2, 0) is 4.79 Å². The van der Waals surface area contributed by atoms with Gasteiger partial charge >= 0.3 is 0 Å². The van der Waals surface area contributed by atoms with Crippen molar-refractivity contribution in [2.75, 3.05) is 45.0 Å². The van der Waals surface area contributed by atoms with E-state index in [-0.39, 0.29) is 17.7 Å². The smallest absolute Gasteiger partial charge is 0.282 e. The van der Waals surface area contributed by atoms with E-state index in [1.54, 1.807) is 4.90 Å². The summed E-state index contributed by atoms with van der Waals surface area (Å²) >= 11 is 1.32. The second-order valence-corrected chi connectivity index (χ2v) is 6.72. The first-order chi connectivity index (χ1) is 9.24. The van der Waals surface area contributed by atoms with Crippen LogP contribution in [0.5, 0.6) is 0 Å². The third-order valence-electron chi connectivity index (χ3n) is 4.54. The van der Waals surface area contributed by atoms with Gasteiger partial charge in [-0.25, -0.2) is 0 Å². The molecule has 0 aromatic carbocycles. The van der Waals surface area contributed by atoms with Crippen molar-refractivity contribution in [3.8, 4) is 0 Å². The van der Waals surface area contributed by atoms with Gasteiger partial charge in [0, 0.05) is 25.4 Å². The molecule has 0 radical (unpaired) electrons. The van der Waals surface area contributed by atoms with Crippen molar-refractivity contribution in [1.29, 1.82) is 0 Å². The number of nitrogens with one attached hydrogen (secondary N) is 1. The van der Waals surface area contributed by atoms with Gasteiger partial charge < -0.3 is 15.1 Å². The zero-order valence-corrected chi connectivity index (χ0v) is 12.0. The minimum absolute atomic E-state index is 0.0595. The number of fused-ring (bicyclic) bond motifs is 1. The van der Waals surface area contributed by atoms with Gasteiger partial charge in [-0.3, -0.25) is 9.59 Å². The van der Waals surface area contributed by atoms with Crippen molar-refractivity contribution >= 4 is 22.9 Å². The molecule has 106 valence electrons. The molecule has 3 aliphatic rings. The van der Waals surface area contributed by atoms with Crippen molar-refractivity contribution < 1.29 is 9.59 Å². The van der Waals surface area contributed by atoms with Gasteiger partial charge in [0.05, 0.1) is 0 Å². The lowest BCUT2D eigenvalue weighted by atomic mass is 9.92. The standard InChI is InChI=1S/C13H21N3O2S/c17-12(9-16-5-6-19-13(16)18)15-3-1-10-7-14-8-11(10)2-4-15/h10-11,14H,1-9H2/t10-,11+.